The van der Waals surface area contributed by atoms with Gasteiger partial charge in [-0.15, -0.1) is 35.3 Å². The molecule has 23 heavy (non-hydrogen) atoms. The molecule has 0 aliphatic rings. The van der Waals surface area contributed by atoms with Gasteiger partial charge in [0.2, 0.25) is 0 Å². The Kier molecular flexibility index (Phi) is 8.46. The second kappa shape index (κ2) is 9.82. The molecule has 2 aromatic rings. The SMILES string of the molecule is CN=C(NCCc1ccc(C)nc1)NCc1nc(C)c(C)s1.I. The van der Waals surface area contributed by atoms with Gasteiger partial charge in [0.1, 0.15) is 5.01 Å². The summed E-state index contributed by atoms with van der Waals surface area (Å²) in [7, 11) is 1.78. The Bertz CT molecular complexity index is 617. The van der Waals surface area contributed by atoms with Gasteiger partial charge >= 0.3 is 0 Å². The van der Waals surface area contributed by atoms with Crippen LogP contribution in [0.15, 0.2) is 23.3 Å². The number of aromatic nitrogens is 2. The minimum absolute atomic E-state index is 0. The Balaban J connectivity index is 0.00000264. The highest BCUT2D eigenvalue weighted by atomic mass is 127. The van der Waals surface area contributed by atoms with Gasteiger partial charge in [-0.2, -0.15) is 0 Å². The topological polar surface area (TPSA) is 62.2 Å². The van der Waals surface area contributed by atoms with E-state index in [1.807, 2.05) is 26.1 Å². The first kappa shape index (κ1) is 19.8. The van der Waals surface area contributed by atoms with Gasteiger partial charge in [-0.3, -0.25) is 9.98 Å². The van der Waals surface area contributed by atoms with Crippen LogP contribution in [0.3, 0.4) is 0 Å². The standard InChI is InChI=1S/C16H23N5S.HI/c1-11-5-6-14(9-19-11)7-8-18-16(17-4)20-10-15-21-12(2)13(3)22-15;/h5-6,9H,7-8,10H2,1-4H3,(H2,17,18,20);1H. The second-order valence-corrected chi connectivity index (χ2v) is 6.45. The monoisotopic (exact) mass is 445 g/mol. The van der Waals surface area contributed by atoms with Gasteiger partial charge in [0.15, 0.2) is 5.96 Å². The zero-order chi connectivity index (χ0) is 15.9. The lowest BCUT2D eigenvalue weighted by Gasteiger charge is -2.10. The zero-order valence-electron chi connectivity index (χ0n) is 14.0. The van der Waals surface area contributed by atoms with Gasteiger partial charge in [0, 0.05) is 30.4 Å². The highest BCUT2D eigenvalue weighted by Crippen LogP contribution is 2.15. The average Bonchev–Trinajstić information content (AvgIpc) is 2.83. The van der Waals surface area contributed by atoms with Gasteiger partial charge in [0.25, 0.3) is 0 Å². The van der Waals surface area contributed by atoms with Crippen LogP contribution in [0.5, 0.6) is 0 Å². The molecular weight excluding hydrogens is 421 g/mol. The Morgan fingerprint density at radius 1 is 1.22 bits per heavy atom. The van der Waals surface area contributed by atoms with Crippen molar-refractivity contribution in [3.63, 3.8) is 0 Å². The number of aliphatic imine (C=N–C) groups is 1. The molecule has 0 spiro atoms. The molecule has 0 saturated carbocycles. The molecule has 0 aliphatic heterocycles. The highest BCUT2D eigenvalue weighted by Gasteiger charge is 2.04. The molecule has 7 heteroatoms. The molecule has 0 unspecified atom stereocenters. The molecule has 2 heterocycles. The van der Waals surface area contributed by atoms with E-state index in [9.17, 15) is 0 Å². The number of nitrogens with one attached hydrogen (secondary N) is 2. The largest absolute Gasteiger partial charge is 0.356 e. The van der Waals surface area contributed by atoms with Crippen molar-refractivity contribution < 1.29 is 0 Å². The van der Waals surface area contributed by atoms with E-state index in [1.54, 1.807) is 18.4 Å². The molecule has 0 radical (unpaired) electrons. The molecule has 0 aromatic carbocycles. The molecule has 0 amide bonds. The van der Waals surface area contributed by atoms with E-state index in [1.165, 1.54) is 10.4 Å². The summed E-state index contributed by atoms with van der Waals surface area (Å²) in [5.74, 6) is 0.797. The molecule has 2 N–H and O–H groups in total. The van der Waals surface area contributed by atoms with Crippen LogP contribution in [0.1, 0.15) is 26.8 Å². The van der Waals surface area contributed by atoms with Crippen molar-refractivity contribution in [3.05, 3.63) is 45.2 Å². The van der Waals surface area contributed by atoms with E-state index >= 15 is 0 Å². The smallest absolute Gasteiger partial charge is 0.191 e. The summed E-state index contributed by atoms with van der Waals surface area (Å²) >= 11 is 1.72. The first-order valence-corrected chi connectivity index (χ1v) is 8.19. The quantitative estimate of drug-likeness (QED) is 0.422. The van der Waals surface area contributed by atoms with Crippen LogP contribution in [0.2, 0.25) is 0 Å². The molecule has 0 bridgehead atoms. The van der Waals surface area contributed by atoms with Gasteiger partial charge in [-0.05, 0) is 38.8 Å². The maximum absolute atomic E-state index is 4.52. The molecule has 2 rings (SSSR count). The van der Waals surface area contributed by atoms with Gasteiger partial charge in [-0.25, -0.2) is 4.98 Å². The minimum atomic E-state index is 0. The van der Waals surface area contributed by atoms with Crippen LogP contribution >= 0.6 is 35.3 Å². The number of nitrogens with zero attached hydrogens (tertiary/aromatic N) is 3. The molecular formula is C16H24IN5S. The zero-order valence-corrected chi connectivity index (χ0v) is 17.2. The summed E-state index contributed by atoms with van der Waals surface area (Å²) < 4.78 is 0. The number of aryl methyl sites for hydroxylation is 3. The Labute approximate surface area is 159 Å². The van der Waals surface area contributed by atoms with E-state index in [-0.39, 0.29) is 24.0 Å². The molecule has 2 aromatic heterocycles. The fraction of sp³-hybridized carbons (Fsp3) is 0.438. The van der Waals surface area contributed by atoms with Crippen molar-refractivity contribution in [2.75, 3.05) is 13.6 Å². The van der Waals surface area contributed by atoms with Gasteiger partial charge in [-0.1, -0.05) is 6.07 Å². The third-order valence-corrected chi connectivity index (χ3v) is 4.46. The number of hydrogen-bond acceptors (Lipinski definition) is 4. The van der Waals surface area contributed by atoms with E-state index < -0.39 is 0 Å². The van der Waals surface area contributed by atoms with E-state index in [2.05, 4.69) is 38.6 Å². The van der Waals surface area contributed by atoms with Crippen molar-refractivity contribution >= 4 is 41.3 Å². The summed E-state index contributed by atoms with van der Waals surface area (Å²) in [6.45, 7) is 7.65. The van der Waals surface area contributed by atoms with Gasteiger partial charge in [0.05, 0.1) is 12.2 Å². The lowest BCUT2D eigenvalue weighted by molar-refractivity contribution is 0.788. The van der Waals surface area contributed by atoms with Crippen LogP contribution in [-0.4, -0.2) is 29.5 Å². The summed E-state index contributed by atoms with van der Waals surface area (Å²) in [5, 5.41) is 7.69. The molecule has 0 saturated heterocycles. The lowest BCUT2D eigenvalue weighted by Crippen LogP contribution is -2.37. The van der Waals surface area contributed by atoms with Crippen molar-refractivity contribution in [1.82, 2.24) is 20.6 Å². The number of pyridine rings is 1. The maximum atomic E-state index is 4.52. The Morgan fingerprint density at radius 3 is 2.57 bits per heavy atom. The number of hydrogen-bond donors (Lipinski definition) is 2. The predicted octanol–water partition coefficient (Wildman–Crippen LogP) is 2.99. The first-order chi connectivity index (χ1) is 10.6. The van der Waals surface area contributed by atoms with E-state index in [0.717, 1.165) is 35.3 Å². The third kappa shape index (κ3) is 6.42. The van der Waals surface area contributed by atoms with E-state index in [4.69, 9.17) is 0 Å². The fourth-order valence-corrected chi connectivity index (χ4v) is 2.84. The van der Waals surface area contributed by atoms with Crippen LogP contribution < -0.4 is 10.6 Å². The van der Waals surface area contributed by atoms with Crippen molar-refractivity contribution in [3.8, 4) is 0 Å². The predicted molar refractivity (Wildman–Crippen MR) is 108 cm³/mol. The van der Waals surface area contributed by atoms with Crippen LogP contribution in [0, 0.1) is 20.8 Å². The van der Waals surface area contributed by atoms with E-state index in [0.29, 0.717) is 6.54 Å². The lowest BCUT2D eigenvalue weighted by atomic mass is 10.2. The molecule has 0 atom stereocenters. The summed E-state index contributed by atoms with van der Waals surface area (Å²) in [5.41, 5.74) is 3.37. The average molecular weight is 445 g/mol. The number of halogens is 1. The van der Waals surface area contributed by atoms with Gasteiger partial charge < -0.3 is 10.6 Å². The van der Waals surface area contributed by atoms with Crippen LogP contribution in [-0.2, 0) is 13.0 Å². The first-order valence-electron chi connectivity index (χ1n) is 7.37. The Hall–Kier alpha value is -1.22. The third-order valence-electron chi connectivity index (χ3n) is 3.38. The molecule has 0 aliphatic carbocycles. The molecule has 0 fully saturated rings. The Morgan fingerprint density at radius 2 is 2.00 bits per heavy atom. The van der Waals surface area contributed by atoms with Crippen LogP contribution in [0.25, 0.3) is 0 Å². The minimum Gasteiger partial charge on any atom is -0.356 e. The van der Waals surface area contributed by atoms with Crippen molar-refractivity contribution in [1.29, 1.82) is 0 Å². The summed E-state index contributed by atoms with van der Waals surface area (Å²) in [4.78, 5) is 14.3. The fourth-order valence-electron chi connectivity index (χ4n) is 1.97. The number of guanidine groups is 1. The highest BCUT2D eigenvalue weighted by molar-refractivity contribution is 14.0. The maximum Gasteiger partial charge on any atom is 0.191 e. The summed E-state index contributed by atoms with van der Waals surface area (Å²) in [6, 6.07) is 4.15. The molecule has 5 nitrogen and oxygen atoms in total. The molecule has 126 valence electrons. The van der Waals surface area contributed by atoms with Crippen molar-refractivity contribution in [2.24, 2.45) is 4.99 Å². The number of thiazole rings is 1. The second-order valence-electron chi connectivity index (χ2n) is 5.16. The number of rotatable bonds is 5. The normalized spacial score (nSPS) is 11.0. The van der Waals surface area contributed by atoms with Crippen molar-refractivity contribution in [2.45, 2.75) is 33.7 Å². The summed E-state index contributed by atoms with van der Waals surface area (Å²) in [6.07, 6.45) is 2.85. The van der Waals surface area contributed by atoms with Crippen LogP contribution in [0.4, 0.5) is 0 Å².